The molecule has 0 fully saturated rings. The summed E-state index contributed by atoms with van der Waals surface area (Å²) >= 11 is 0. The summed E-state index contributed by atoms with van der Waals surface area (Å²) in [6.45, 7) is 0.619. The smallest absolute Gasteiger partial charge is 0.273 e. The molecule has 1 aliphatic rings. The summed E-state index contributed by atoms with van der Waals surface area (Å²) in [4.78, 5) is 29.7. The molecule has 1 amide bonds. The highest BCUT2D eigenvalue weighted by molar-refractivity contribution is 5.93. The molecule has 2 aromatic carbocycles. The van der Waals surface area contributed by atoms with Gasteiger partial charge in [0, 0.05) is 19.7 Å². The SMILES string of the molecule is CN1C(=O)c2cc(=O)ncn2CC1Cc1ccccc1-c1ccccc1. The van der Waals surface area contributed by atoms with Gasteiger partial charge in [-0.05, 0) is 23.1 Å². The summed E-state index contributed by atoms with van der Waals surface area (Å²) in [5.41, 5.74) is 3.56. The van der Waals surface area contributed by atoms with Crippen LogP contribution in [0, 0.1) is 0 Å². The maximum atomic E-state index is 12.7. The van der Waals surface area contributed by atoms with Gasteiger partial charge in [-0.1, -0.05) is 54.6 Å². The van der Waals surface area contributed by atoms with Gasteiger partial charge in [-0.2, -0.15) is 4.98 Å². The first-order chi connectivity index (χ1) is 12.6. The molecule has 0 spiro atoms. The Hall–Kier alpha value is -3.21. The number of hydrogen-bond donors (Lipinski definition) is 0. The summed E-state index contributed by atoms with van der Waals surface area (Å²) in [6.07, 6.45) is 2.21. The van der Waals surface area contributed by atoms with Crippen LogP contribution >= 0.6 is 0 Å². The van der Waals surface area contributed by atoms with E-state index in [0.717, 1.165) is 6.42 Å². The fourth-order valence-electron chi connectivity index (χ4n) is 3.51. The Morgan fingerprint density at radius 2 is 1.77 bits per heavy atom. The second-order valence-electron chi connectivity index (χ2n) is 6.56. The van der Waals surface area contributed by atoms with Crippen molar-refractivity contribution in [1.82, 2.24) is 14.5 Å². The Morgan fingerprint density at radius 1 is 1.04 bits per heavy atom. The minimum absolute atomic E-state index is 0.00386. The topological polar surface area (TPSA) is 55.2 Å². The van der Waals surface area contributed by atoms with Crippen LogP contribution in [0.4, 0.5) is 0 Å². The van der Waals surface area contributed by atoms with Crippen molar-refractivity contribution in [3.05, 3.63) is 88.6 Å². The van der Waals surface area contributed by atoms with Gasteiger partial charge in [0.2, 0.25) is 0 Å². The molecule has 5 heteroatoms. The van der Waals surface area contributed by atoms with Crippen molar-refractivity contribution in [3.63, 3.8) is 0 Å². The lowest BCUT2D eigenvalue weighted by atomic mass is 9.94. The van der Waals surface area contributed by atoms with Crippen LogP contribution in [0.1, 0.15) is 16.1 Å². The van der Waals surface area contributed by atoms with Gasteiger partial charge in [0.15, 0.2) is 0 Å². The summed E-state index contributed by atoms with van der Waals surface area (Å²) in [7, 11) is 1.80. The molecule has 5 nitrogen and oxygen atoms in total. The number of aromatic nitrogens is 2. The van der Waals surface area contributed by atoms with Crippen LogP contribution < -0.4 is 5.56 Å². The molecule has 4 rings (SSSR count). The standard InChI is InChI=1S/C21H19N3O2/c1-23-17(13-24-14-22-20(25)12-19(24)21(23)26)11-16-9-5-6-10-18(16)15-7-3-2-4-8-15/h2-10,12,14,17H,11,13H2,1H3. The van der Waals surface area contributed by atoms with Crippen molar-refractivity contribution in [2.24, 2.45) is 0 Å². The van der Waals surface area contributed by atoms with Crippen molar-refractivity contribution >= 4 is 5.91 Å². The first-order valence-electron chi connectivity index (χ1n) is 8.60. The van der Waals surface area contributed by atoms with Gasteiger partial charge in [-0.3, -0.25) is 9.59 Å². The molecular formula is C21H19N3O2. The number of nitrogens with zero attached hydrogens (tertiary/aromatic N) is 3. The number of carbonyl (C=O) groups is 1. The van der Waals surface area contributed by atoms with E-state index < -0.39 is 0 Å². The van der Waals surface area contributed by atoms with Gasteiger partial charge in [0.1, 0.15) is 5.69 Å². The Morgan fingerprint density at radius 3 is 2.58 bits per heavy atom. The molecule has 1 atom stereocenters. The highest BCUT2D eigenvalue weighted by atomic mass is 16.2. The molecule has 0 aliphatic carbocycles. The van der Waals surface area contributed by atoms with Gasteiger partial charge in [0.05, 0.1) is 12.4 Å². The van der Waals surface area contributed by atoms with Gasteiger partial charge < -0.3 is 9.47 Å². The first-order valence-corrected chi connectivity index (χ1v) is 8.60. The molecular weight excluding hydrogens is 326 g/mol. The van der Waals surface area contributed by atoms with Crippen LogP contribution in [0.25, 0.3) is 11.1 Å². The van der Waals surface area contributed by atoms with E-state index in [1.165, 1.54) is 29.1 Å². The normalized spacial score (nSPS) is 16.4. The average molecular weight is 345 g/mol. The lowest BCUT2D eigenvalue weighted by Gasteiger charge is -2.35. The van der Waals surface area contributed by atoms with Gasteiger partial charge in [0.25, 0.3) is 11.5 Å². The number of amides is 1. The van der Waals surface area contributed by atoms with Crippen LogP contribution in [0.15, 0.2) is 71.8 Å². The maximum absolute atomic E-state index is 12.7. The van der Waals surface area contributed by atoms with E-state index in [2.05, 4.69) is 29.2 Å². The number of hydrogen-bond acceptors (Lipinski definition) is 3. The number of likely N-dealkylation sites (N-methyl/N-ethyl adjacent to an activating group) is 1. The molecule has 0 saturated heterocycles. The highest BCUT2D eigenvalue weighted by Gasteiger charge is 2.30. The molecule has 130 valence electrons. The fraction of sp³-hybridized carbons (Fsp3) is 0.190. The van der Waals surface area contributed by atoms with Crippen molar-refractivity contribution in [1.29, 1.82) is 0 Å². The Balaban J connectivity index is 1.68. The summed E-state index contributed by atoms with van der Waals surface area (Å²) < 4.78 is 1.78. The van der Waals surface area contributed by atoms with E-state index in [4.69, 9.17) is 0 Å². The van der Waals surface area contributed by atoms with Crippen molar-refractivity contribution in [2.45, 2.75) is 19.0 Å². The third-order valence-electron chi connectivity index (χ3n) is 4.95. The molecule has 26 heavy (non-hydrogen) atoms. The molecule has 2 heterocycles. The van der Waals surface area contributed by atoms with E-state index in [1.54, 1.807) is 16.5 Å². The van der Waals surface area contributed by atoms with Crippen molar-refractivity contribution in [3.8, 4) is 11.1 Å². The zero-order valence-corrected chi connectivity index (χ0v) is 14.5. The molecule has 1 aromatic heterocycles. The second kappa shape index (κ2) is 6.59. The van der Waals surface area contributed by atoms with Gasteiger partial charge in [-0.25, -0.2) is 0 Å². The molecule has 0 bridgehead atoms. The Labute approximate surface area is 151 Å². The highest BCUT2D eigenvalue weighted by Crippen LogP contribution is 2.26. The Bertz CT molecular complexity index is 1010. The molecule has 3 aromatic rings. The molecule has 0 radical (unpaired) electrons. The summed E-state index contributed by atoms with van der Waals surface area (Å²) in [5.74, 6) is -0.141. The zero-order chi connectivity index (χ0) is 18.1. The monoisotopic (exact) mass is 345 g/mol. The largest absolute Gasteiger partial charge is 0.335 e. The third-order valence-corrected chi connectivity index (χ3v) is 4.95. The number of benzene rings is 2. The Kier molecular flexibility index (Phi) is 4.13. The zero-order valence-electron chi connectivity index (χ0n) is 14.5. The number of fused-ring (bicyclic) bond motifs is 1. The summed E-state index contributed by atoms with van der Waals surface area (Å²) in [6, 6.07) is 19.9. The molecule has 0 saturated carbocycles. The van der Waals surface area contributed by atoms with E-state index in [9.17, 15) is 9.59 Å². The first kappa shape index (κ1) is 16.3. The quantitative estimate of drug-likeness (QED) is 0.733. The maximum Gasteiger partial charge on any atom is 0.273 e. The summed E-state index contributed by atoms with van der Waals surface area (Å²) in [5, 5.41) is 0. The van der Waals surface area contributed by atoms with Crippen LogP contribution in [0.2, 0.25) is 0 Å². The second-order valence-corrected chi connectivity index (χ2v) is 6.56. The van der Waals surface area contributed by atoms with Crippen LogP contribution in [0.5, 0.6) is 0 Å². The van der Waals surface area contributed by atoms with Gasteiger partial charge >= 0.3 is 0 Å². The van der Waals surface area contributed by atoms with Crippen molar-refractivity contribution in [2.75, 3.05) is 7.05 Å². The van der Waals surface area contributed by atoms with E-state index >= 15 is 0 Å². The lowest BCUT2D eigenvalue weighted by Crippen LogP contribution is -2.47. The van der Waals surface area contributed by atoms with Gasteiger partial charge in [-0.15, -0.1) is 0 Å². The average Bonchev–Trinajstić information content (AvgIpc) is 2.68. The predicted octanol–water partition coefficient (Wildman–Crippen LogP) is 2.61. The van der Waals surface area contributed by atoms with E-state index in [1.807, 2.05) is 30.3 Å². The number of carbonyl (C=O) groups excluding carboxylic acids is 1. The molecule has 1 unspecified atom stereocenters. The molecule has 0 N–H and O–H groups in total. The fourth-order valence-corrected chi connectivity index (χ4v) is 3.51. The van der Waals surface area contributed by atoms with Crippen LogP contribution in [0.3, 0.4) is 0 Å². The molecule has 1 aliphatic heterocycles. The minimum Gasteiger partial charge on any atom is -0.335 e. The number of rotatable bonds is 3. The minimum atomic E-state index is -0.383. The van der Waals surface area contributed by atoms with Crippen LogP contribution in [-0.4, -0.2) is 33.4 Å². The lowest BCUT2D eigenvalue weighted by molar-refractivity contribution is 0.0652. The van der Waals surface area contributed by atoms with E-state index in [-0.39, 0.29) is 17.5 Å². The van der Waals surface area contributed by atoms with Crippen LogP contribution in [-0.2, 0) is 13.0 Å². The third kappa shape index (κ3) is 2.92. The van der Waals surface area contributed by atoms with Crippen molar-refractivity contribution < 1.29 is 4.79 Å². The predicted molar refractivity (Wildman–Crippen MR) is 100.0 cm³/mol. The van der Waals surface area contributed by atoms with E-state index in [0.29, 0.717) is 12.2 Å².